The fourth-order valence-corrected chi connectivity index (χ4v) is 4.09. The van der Waals surface area contributed by atoms with Crippen molar-refractivity contribution in [1.82, 2.24) is 24.8 Å². The average molecular weight is 478 g/mol. The maximum atomic E-state index is 13.1. The van der Waals surface area contributed by atoms with Gasteiger partial charge >= 0.3 is 0 Å². The number of aromatic nitrogens is 4. The molecule has 35 heavy (non-hydrogen) atoms. The summed E-state index contributed by atoms with van der Waals surface area (Å²) in [6, 6.07) is 7.32. The van der Waals surface area contributed by atoms with E-state index in [1.807, 2.05) is 25.1 Å². The van der Waals surface area contributed by atoms with E-state index in [0.29, 0.717) is 36.2 Å². The first-order valence-electron chi connectivity index (χ1n) is 11.4. The Balaban J connectivity index is 1.25. The maximum absolute atomic E-state index is 13.1. The van der Waals surface area contributed by atoms with Gasteiger partial charge in [0.05, 0.1) is 5.69 Å². The number of fused-ring (bicyclic) bond motifs is 1. The normalized spacial score (nSPS) is 15.0. The zero-order valence-electron chi connectivity index (χ0n) is 19.6. The van der Waals surface area contributed by atoms with Crippen LogP contribution >= 0.6 is 0 Å². The summed E-state index contributed by atoms with van der Waals surface area (Å²) in [5.41, 5.74) is 8.25. The van der Waals surface area contributed by atoms with Crippen LogP contribution in [0, 0.1) is 13.8 Å². The first kappa shape index (κ1) is 22.6. The van der Waals surface area contributed by atoms with Crippen LogP contribution in [-0.2, 0) is 23.3 Å². The van der Waals surface area contributed by atoms with Crippen molar-refractivity contribution < 1.29 is 14.3 Å². The van der Waals surface area contributed by atoms with E-state index < -0.39 is 0 Å². The molecule has 1 aliphatic carbocycles. The predicted octanol–water partition coefficient (Wildman–Crippen LogP) is 1.42. The minimum Gasteiger partial charge on any atom is -0.452 e. The summed E-state index contributed by atoms with van der Waals surface area (Å²) in [5, 5.41) is 6.02. The topological polar surface area (TPSA) is 146 Å². The molecule has 0 radical (unpaired) electrons. The molecule has 0 atom stereocenters. The second-order valence-corrected chi connectivity index (χ2v) is 8.94. The fourth-order valence-electron chi connectivity index (χ4n) is 4.09. The average Bonchev–Trinajstić information content (AvgIpc) is 3.48. The van der Waals surface area contributed by atoms with Crippen molar-refractivity contribution in [3.8, 4) is 11.6 Å². The van der Waals surface area contributed by atoms with E-state index in [-0.39, 0.29) is 36.0 Å². The summed E-state index contributed by atoms with van der Waals surface area (Å²) in [7, 11) is 0. The van der Waals surface area contributed by atoms with Gasteiger partial charge in [0.2, 0.25) is 12.7 Å². The molecular formula is C24H27N7O4. The van der Waals surface area contributed by atoms with Gasteiger partial charge in [0.15, 0.2) is 11.6 Å². The summed E-state index contributed by atoms with van der Waals surface area (Å²) < 4.78 is 12.2. The Morgan fingerprint density at radius 2 is 2.00 bits per heavy atom. The lowest BCUT2D eigenvalue weighted by atomic mass is 10.0. The third-order valence-corrected chi connectivity index (χ3v) is 6.48. The molecule has 11 heteroatoms. The van der Waals surface area contributed by atoms with Gasteiger partial charge < -0.3 is 25.8 Å². The number of pyridine rings is 2. The monoisotopic (exact) mass is 477 g/mol. The molecule has 0 unspecified atom stereocenters. The highest BCUT2D eigenvalue weighted by molar-refractivity contribution is 5.75. The highest BCUT2D eigenvalue weighted by Crippen LogP contribution is 2.48. The third-order valence-electron chi connectivity index (χ3n) is 6.48. The Labute approximate surface area is 201 Å². The van der Waals surface area contributed by atoms with Gasteiger partial charge in [-0.05, 0) is 50.5 Å². The fraction of sp³-hybridized carbons (Fsp3) is 0.375. The van der Waals surface area contributed by atoms with Gasteiger partial charge in [-0.2, -0.15) is 0 Å². The van der Waals surface area contributed by atoms with Crippen molar-refractivity contribution in [2.45, 2.75) is 45.2 Å². The molecule has 3 aromatic rings. The van der Waals surface area contributed by atoms with E-state index in [0.717, 1.165) is 29.8 Å². The maximum Gasteiger partial charge on any atom is 0.293 e. The standard InChI is InChI=1S/C24H27N7O4/c1-14-9-27-21(28-12-24(7-8-24)18-5-4-17-22(30-18)35-13-34-17)23(33)31(14)11-20(32)26-10-16-3-6-19(25)29-15(16)2/h3-6,9H,7-8,10-13H2,1-2H3,(H2,25,29)(H,26,32)(H,27,28). The van der Waals surface area contributed by atoms with Gasteiger partial charge in [0.25, 0.3) is 11.4 Å². The Morgan fingerprint density at radius 3 is 2.77 bits per heavy atom. The molecule has 0 aromatic carbocycles. The van der Waals surface area contributed by atoms with Crippen LogP contribution < -0.4 is 31.4 Å². The minimum absolute atomic E-state index is 0.113. The second kappa shape index (κ2) is 8.90. The van der Waals surface area contributed by atoms with Gasteiger partial charge in [-0.3, -0.25) is 14.2 Å². The molecule has 5 rings (SSSR count). The number of nitrogens with zero attached hydrogens (tertiary/aromatic N) is 4. The van der Waals surface area contributed by atoms with E-state index in [1.165, 1.54) is 4.57 Å². The molecule has 0 saturated heterocycles. The van der Waals surface area contributed by atoms with Gasteiger partial charge in [-0.1, -0.05) is 6.07 Å². The molecule has 11 nitrogen and oxygen atoms in total. The SMILES string of the molecule is Cc1nc(N)ccc1CNC(=O)Cn1c(C)cnc(NCC2(c3ccc4c(n3)OCO4)CC2)c1=O. The zero-order chi connectivity index (χ0) is 24.6. The Hall–Kier alpha value is -4.15. The first-order valence-corrected chi connectivity index (χ1v) is 11.4. The van der Waals surface area contributed by atoms with Crippen LogP contribution in [0.25, 0.3) is 0 Å². The van der Waals surface area contributed by atoms with E-state index in [1.54, 1.807) is 19.2 Å². The van der Waals surface area contributed by atoms with E-state index >= 15 is 0 Å². The van der Waals surface area contributed by atoms with E-state index in [9.17, 15) is 9.59 Å². The Bertz CT molecular complexity index is 1350. The highest BCUT2D eigenvalue weighted by atomic mass is 16.7. The lowest BCUT2D eigenvalue weighted by molar-refractivity contribution is -0.121. The molecule has 182 valence electrons. The number of carbonyl (C=O) groups excluding carboxylic acids is 1. The summed E-state index contributed by atoms with van der Waals surface area (Å²) in [6.07, 6.45) is 3.46. The van der Waals surface area contributed by atoms with Crippen molar-refractivity contribution in [2.24, 2.45) is 0 Å². The summed E-state index contributed by atoms with van der Waals surface area (Å²) in [6.45, 7) is 4.44. The summed E-state index contributed by atoms with van der Waals surface area (Å²) >= 11 is 0. The zero-order valence-corrected chi connectivity index (χ0v) is 19.6. The number of hydrogen-bond acceptors (Lipinski definition) is 9. The second-order valence-electron chi connectivity index (χ2n) is 8.94. The predicted molar refractivity (Wildman–Crippen MR) is 128 cm³/mol. The van der Waals surface area contributed by atoms with Crippen LogP contribution in [0.2, 0.25) is 0 Å². The number of aryl methyl sites for hydroxylation is 2. The van der Waals surface area contributed by atoms with Gasteiger partial charge in [0.1, 0.15) is 12.4 Å². The van der Waals surface area contributed by atoms with Crippen LogP contribution in [0.5, 0.6) is 11.6 Å². The Morgan fingerprint density at radius 1 is 1.17 bits per heavy atom. The molecule has 4 N–H and O–H groups in total. The molecule has 0 bridgehead atoms. The summed E-state index contributed by atoms with van der Waals surface area (Å²) in [4.78, 5) is 38.8. The lowest BCUT2D eigenvalue weighted by Gasteiger charge is -2.17. The molecule has 4 heterocycles. The molecule has 1 aliphatic heterocycles. The number of hydrogen-bond donors (Lipinski definition) is 3. The van der Waals surface area contributed by atoms with Crippen molar-refractivity contribution >= 4 is 17.5 Å². The molecule has 0 spiro atoms. The number of carbonyl (C=O) groups is 1. The molecule has 1 saturated carbocycles. The van der Waals surface area contributed by atoms with Crippen LogP contribution in [0.15, 0.2) is 35.3 Å². The first-order chi connectivity index (χ1) is 16.8. The number of rotatable bonds is 8. The van der Waals surface area contributed by atoms with Gasteiger partial charge in [-0.15, -0.1) is 0 Å². The van der Waals surface area contributed by atoms with Crippen molar-refractivity contribution in [1.29, 1.82) is 0 Å². The van der Waals surface area contributed by atoms with Crippen LogP contribution in [0.4, 0.5) is 11.6 Å². The number of nitrogens with two attached hydrogens (primary N) is 1. The van der Waals surface area contributed by atoms with Gasteiger partial charge in [0, 0.05) is 36.1 Å². The number of nitrogen functional groups attached to an aromatic ring is 1. The number of amides is 1. The third kappa shape index (κ3) is 4.61. The van der Waals surface area contributed by atoms with Crippen LogP contribution in [0.3, 0.4) is 0 Å². The largest absolute Gasteiger partial charge is 0.452 e. The minimum atomic E-state index is -0.347. The summed E-state index contributed by atoms with van der Waals surface area (Å²) in [5.74, 6) is 1.49. The smallest absolute Gasteiger partial charge is 0.293 e. The molecule has 1 fully saturated rings. The van der Waals surface area contributed by atoms with Crippen LogP contribution in [0.1, 0.15) is 35.5 Å². The van der Waals surface area contributed by atoms with Crippen molar-refractivity contribution in [2.75, 3.05) is 24.4 Å². The molecule has 3 aromatic heterocycles. The number of nitrogens with one attached hydrogen (secondary N) is 2. The lowest BCUT2D eigenvalue weighted by Crippen LogP contribution is -2.35. The quantitative estimate of drug-likeness (QED) is 0.438. The Kier molecular flexibility index (Phi) is 5.75. The number of anilines is 2. The van der Waals surface area contributed by atoms with Crippen LogP contribution in [-0.4, -0.2) is 38.8 Å². The highest BCUT2D eigenvalue weighted by Gasteiger charge is 2.46. The van der Waals surface area contributed by atoms with E-state index in [4.69, 9.17) is 15.2 Å². The molecule has 1 amide bonds. The van der Waals surface area contributed by atoms with Crippen molar-refractivity contribution in [3.05, 3.63) is 63.5 Å². The van der Waals surface area contributed by atoms with E-state index in [2.05, 4.69) is 25.6 Å². The molecular weight excluding hydrogens is 450 g/mol. The molecule has 2 aliphatic rings. The van der Waals surface area contributed by atoms with Crippen molar-refractivity contribution in [3.63, 3.8) is 0 Å². The van der Waals surface area contributed by atoms with Gasteiger partial charge in [-0.25, -0.2) is 15.0 Å². The number of ether oxygens (including phenoxy) is 2.